The number of benzene rings is 2. The fraction of sp³-hybridized carbons (Fsp3) is 0.280. The van der Waals surface area contributed by atoms with Crippen molar-refractivity contribution >= 4 is 29.6 Å². The standard InChI is InChI=1S/C25H24ClN3O6/c1-15(19-5-2-3-6-20(19)26)35-24(31)27-13-18-14-34-28-22(18)16-8-10-17(11-9-16)23(30)21-7-4-12-29(21)25(32)33/h2-3,5-6,8-11,14-15,21H,4,7,12-13H2,1H3,(H,27,31)(H,32,33). The molecular weight excluding hydrogens is 474 g/mol. The first-order valence-electron chi connectivity index (χ1n) is 11.1. The van der Waals surface area contributed by atoms with Crippen LogP contribution in [0.25, 0.3) is 11.3 Å². The lowest BCUT2D eigenvalue weighted by Crippen LogP contribution is -2.39. The molecule has 2 heterocycles. The Hall–Kier alpha value is -3.85. The number of rotatable bonds is 7. The minimum absolute atomic E-state index is 0.114. The van der Waals surface area contributed by atoms with Crippen molar-refractivity contribution in [1.29, 1.82) is 0 Å². The number of alkyl carbamates (subject to hydrolysis) is 1. The van der Waals surface area contributed by atoms with Crippen LogP contribution in [-0.4, -0.2) is 45.7 Å². The maximum absolute atomic E-state index is 12.8. The van der Waals surface area contributed by atoms with Gasteiger partial charge in [0.05, 0.1) is 12.6 Å². The zero-order chi connectivity index (χ0) is 24.9. The molecule has 1 saturated heterocycles. The molecule has 0 aliphatic carbocycles. The molecule has 9 nitrogen and oxygen atoms in total. The normalized spacial score (nSPS) is 16.1. The number of likely N-dealkylation sites (tertiary alicyclic amines) is 1. The van der Waals surface area contributed by atoms with Gasteiger partial charge in [-0.05, 0) is 25.8 Å². The van der Waals surface area contributed by atoms with E-state index in [4.69, 9.17) is 20.9 Å². The Morgan fingerprint density at radius 1 is 1.23 bits per heavy atom. The number of Topliss-reactive ketones (excluding diaryl/α,β-unsaturated/α-hetero) is 1. The molecule has 2 unspecified atom stereocenters. The first kappa shape index (κ1) is 24.3. The lowest BCUT2D eigenvalue weighted by molar-refractivity contribution is 0.0845. The number of nitrogens with zero attached hydrogens (tertiary/aromatic N) is 2. The van der Waals surface area contributed by atoms with Gasteiger partial charge in [-0.1, -0.05) is 59.2 Å². The minimum Gasteiger partial charge on any atom is -0.465 e. The molecule has 4 rings (SSSR count). The zero-order valence-electron chi connectivity index (χ0n) is 18.9. The number of carbonyl (C=O) groups is 3. The van der Waals surface area contributed by atoms with Crippen LogP contribution in [0.3, 0.4) is 0 Å². The summed E-state index contributed by atoms with van der Waals surface area (Å²) >= 11 is 6.16. The Kier molecular flexibility index (Phi) is 7.36. The summed E-state index contributed by atoms with van der Waals surface area (Å²) in [5.41, 5.74) is 2.95. The summed E-state index contributed by atoms with van der Waals surface area (Å²) < 4.78 is 10.5. The summed E-state index contributed by atoms with van der Waals surface area (Å²) in [5, 5.41) is 16.5. The number of aromatic nitrogens is 1. The van der Waals surface area contributed by atoms with Crippen LogP contribution >= 0.6 is 11.6 Å². The van der Waals surface area contributed by atoms with Gasteiger partial charge >= 0.3 is 12.2 Å². The van der Waals surface area contributed by atoms with Crippen molar-refractivity contribution in [1.82, 2.24) is 15.4 Å². The second-order valence-electron chi connectivity index (χ2n) is 8.19. The largest absolute Gasteiger partial charge is 0.465 e. The Morgan fingerprint density at radius 2 is 1.97 bits per heavy atom. The number of carboxylic acid groups (broad SMARTS) is 1. The van der Waals surface area contributed by atoms with Crippen LogP contribution in [0.2, 0.25) is 5.02 Å². The molecule has 2 amide bonds. The van der Waals surface area contributed by atoms with Gasteiger partial charge in [-0.2, -0.15) is 0 Å². The molecule has 2 atom stereocenters. The van der Waals surface area contributed by atoms with Gasteiger partial charge in [0, 0.05) is 33.8 Å². The van der Waals surface area contributed by atoms with Gasteiger partial charge in [-0.3, -0.25) is 9.69 Å². The number of carbonyl (C=O) groups excluding carboxylic acids is 2. The highest BCUT2D eigenvalue weighted by atomic mass is 35.5. The zero-order valence-corrected chi connectivity index (χ0v) is 19.7. The molecule has 1 aliphatic heterocycles. The summed E-state index contributed by atoms with van der Waals surface area (Å²) in [6.07, 6.45) is 0.358. The van der Waals surface area contributed by atoms with Gasteiger partial charge in [-0.15, -0.1) is 0 Å². The number of amides is 2. The van der Waals surface area contributed by atoms with E-state index in [2.05, 4.69) is 10.5 Å². The molecule has 2 N–H and O–H groups in total. The van der Waals surface area contributed by atoms with Gasteiger partial charge < -0.3 is 19.7 Å². The number of hydrogen-bond donors (Lipinski definition) is 2. The topological polar surface area (TPSA) is 122 Å². The van der Waals surface area contributed by atoms with Crippen molar-refractivity contribution in [2.24, 2.45) is 0 Å². The monoisotopic (exact) mass is 497 g/mol. The number of hydrogen-bond acceptors (Lipinski definition) is 6. The van der Waals surface area contributed by atoms with Gasteiger partial charge in [-0.25, -0.2) is 9.59 Å². The summed E-state index contributed by atoms with van der Waals surface area (Å²) in [5.74, 6) is -0.228. The highest BCUT2D eigenvalue weighted by Crippen LogP contribution is 2.27. The smallest absolute Gasteiger partial charge is 0.408 e. The van der Waals surface area contributed by atoms with Crippen molar-refractivity contribution in [3.05, 3.63) is 76.5 Å². The molecule has 35 heavy (non-hydrogen) atoms. The first-order chi connectivity index (χ1) is 16.8. The van der Waals surface area contributed by atoms with Gasteiger partial charge in [0.15, 0.2) is 5.78 Å². The highest BCUT2D eigenvalue weighted by molar-refractivity contribution is 6.31. The third-order valence-corrected chi connectivity index (χ3v) is 6.28. The van der Waals surface area contributed by atoms with E-state index < -0.39 is 24.3 Å². The second-order valence-corrected chi connectivity index (χ2v) is 8.59. The molecular formula is C25H24ClN3O6. The quantitative estimate of drug-likeness (QED) is 0.424. The van der Waals surface area contributed by atoms with Crippen molar-refractivity contribution in [3.8, 4) is 11.3 Å². The van der Waals surface area contributed by atoms with Crippen LogP contribution in [0.5, 0.6) is 0 Å². The minimum atomic E-state index is -1.09. The number of ketones is 1. The molecule has 0 saturated carbocycles. The van der Waals surface area contributed by atoms with E-state index in [1.807, 2.05) is 6.07 Å². The fourth-order valence-electron chi connectivity index (χ4n) is 4.11. The van der Waals surface area contributed by atoms with Gasteiger partial charge in [0.1, 0.15) is 18.1 Å². The lowest BCUT2D eigenvalue weighted by Gasteiger charge is -2.20. The molecule has 182 valence electrons. The van der Waals surface area contributed by atoms with E-state index in [9.17, 15) is 19.5 Å². The molecule has 3 aromatic rings. The summed E-state index contributed by atoms with van der Waals surface area (Å²) in [6.45, 7) is 2.21. The van der Waals surface area contributed by atoms with E-state index in [0.717, 1.165) is 0 Å². The van der Waals surface area contributed by atoms with E-state index >= 15 is 0 Å². The molecule has 2 aromatic carbocycles. The van der Waals surface area contributed by atoms with Crippen LogP contribution in [-0.2, 0) is 11.3 Å². The Labute approximate surface area is 206 Å². The van der Waals surface area contributed by atoms with Crippen LogP contribution in [0.15, 0.2) is 59.3 Å². The SMILES string of the molecule is CC(OC(=O)NCc1conc1-c1ccc(C(=O)C2CCCN2C(=O)O)cc1)c1ccccc1Cl. The predicted molar refractivity (Wildman–Crippen MR) is 127 cm³/mol. The van der Waals surface area contributed by atoms with E-state index in [1.54, 1.807) is 49.4 Å². The van der Waals surface area contributed by atoms with Crippen molar-refractivity contribution in [3.63, 3.8) is 0 Å². The fourth-order valence-corrected chi connectivity index (χ4v) is 4.40. The Morgan fingerprint density at radius 3 is 2.69 bits per heavy atom. The van der Waals surface area contributed by atoms with Gasteiger partial charge in [0.25, 0.3) is 0 Å². The molecule has 10 heteroatoms. The van der Waals surface area contributed by atoms with Crippen LogP contribution < -0.4 is 5.32 Å². The summed E-state index contributed by atoms with van der Waals surface area (Å²) in [4.78, 5) is 37.6. The molecule has 1 aliphatic rings. The third kappa shape index (κ3) is 5.46. The maximum atomic E-state index is 12.8. The average molecular weight is 498 g/mol. The summed E-state index contributed by atoms with van der Waals surface area (Å²) in [7, 11) is 0. The van der Waals surface area contributed by atoms with Crippen molar-refractivity contribution < 1.29 is 28.8 Å². The van der Waals surface area contributed by atoms with E-state index in [1.165, 1.54) is 11.2 Å². The van der Waals surface area contributed by atoms with Crippen LogP contribution in [0.4, 0.5) is 9.59 Å². The van der Waals surface area contributed by atoms with Crippen molar-refractivity contribution in [2.75, 3.05) is 6.54 Å². The molecule has 1 fully saturated rings. The summed E-state index contributed by atoms with van der Waals surface area (Å²) in [6, 6.07) is 13.2. The van der Waals surface area contributed by atoms with Crippen molar-refractivity contribution in [2.45, 2.75) is 38.5 Å². The molecule has 0 spiro atoms. The molecule has 0 radical (unpaired) electrons. The molecule has 0 bridgehead atoms. The predicted octanol–water partition coefficient (Wildman–Crippen LogP) is 5.31. The van der Waals surface area contributed by atoms with Crippen LogP contribution in [0.1, 0.15) is 47.4 Å². The highest BCUT2D eigenvalue weighted by Gasteiger charge is 2.34. The van der Waals surface area contributed by atoms with Crippen LogP contribution in [0, 0.1) is 0 Å². The Bertz CT molecular complexity index is 1230. The number of ether oxygens (including phenoxy) is 1. The van der Waals surface area contributed by atoms with E-state index in [0.29, 0.717) is 52.4 Å². The lowest BCUT2D eigenvalue weighted by atomic mass is 9.99. The maximum Gasteiger partial charge on any atom is 0.408 e. The van der Waals surface area contributed by atoms with Gasteiger partial charge in [0.2, 0.25) is 0 Å². The molecule has 1 aromatic heterocycles. The average Bonchev–Trinajstić information content (AvgIpc) is 3.52. The number of halogens is 1. The Balaban J connectivity index is 1.38. The van der Waals surface area contributed by atoms with E-state index in [-0.39, 0.29) is 12.3 Å². The number of nitrogens with one attached hydrogen (secondary N) is 1. The second kappa shape index (κ2) is 10.6. The third-order valence-electron chi connectivity index (χ3n) is 5.94. The first-order valence-corrected chi connectivity index (χ1v) is 11.5.